The molecule has 2 nitrogen and oxygen atoms in total. The Hall–Kier alpha value is -1.02. The summed E-state index contributed by atoms with van der Waals surface area (Å²) < 4.78 is 0. The number of hydrogen-bond donors (Lipinski definition) is 1. The van der Waals surface area contributed by atoms with Gasteiger partial charge in [0, 0.05) is 19.3 Å². The minimum atomic E-state index is 0.157. The summed E-state index contributed by atoms with van der Waals surface area (Å²) in [7, 11) is 2.22. The first-order chi connectivity index (χ1) is 9.72. The van der Waals surface area contributed by atoms with E-state index in [1.807, 2.05) is 0 Å². The Morgan fingerprint density at radius 1 is 1.20 bits per heavy atom. The van der Waals surface area contributed by atoms with Crippen LogP contribution in [0.25, 0.3) is 0 Å². The summed E-state index contributed by atoms with van der Waals surface area (Å²) in [6.07, 6.45) is 9.21. The van der Waals surface area contributed by atoms with E-state index >= 15 is 0 Å². The lowest BCUT2D eigenvalue weighted by Crippen LogP contribution is -2.52. The van der Waals surface area contributed by atoms with Gasteiger partial charge in [0.25, 0.3) is 0 Å². The number of nitrogens with two attached hydrogens (primary N) is 1. The Morgan fingerprint density at radius 2 is 1.95 bits per heavy atom. The van der Waals surface area contributed by atoms with Crippen LogP contribution in [0.15, 0.2) is 30.3 Å². The van der Waals surface area contributed by atoms with Gasteiger partial charge in [0.1, 0.15) is 0 Å². The van der Waals surface area contributed by atoms with Gasteiger partial charge in [-0.1, -0.05) is 50.8 Å². The summed E-state index contributed by atoms with van der Waals surface area (Å²) in [4.78, 5) is 2.45. The van der Waals surface area contributed by atoms with Crippen LogP contribution in [0.5, 0.6) is 0 Å². The third kappa shape index (κ3) is 3.35. The molecule has 0 spiro atoms. The minimum Gasteiger partial charge on any atom is -0.368 e. The fraction of sp³-hybridized carbons (Fsp3) is 0.667. The van der Waals surface area contributed by atoms with Gasteiger partial charge in [-0.2, -0.15) is 0 Å². The Labute approximate surface area is 124 Å². The van der Waals surface area contributed by atoms with Crippen LogP contribution in [0, 0.1) is 5.92 Å². The fourth-order valence-corrected chi connectivity index (χ4v) is 3.76. The van der Waals surface area contributed by atoms with Crippen LogP contribution in [0.4, 0.5) is 5.69 Å². The second kappa shape index (κ2) is 7.12. The average molecular weight is 274 g/mol. The molecule has 1 fully saturated rings. The maximum absolute atomic E-state index is 6.22. The molecule has 1 aliphatic rings. The Balaban J connectivity index is 2.13. The van der Waals surface area contributed by atoms with Gasteiger partial charge in [0.05, 0.1) is 5.54 Å². The number of benzene rings is 1. The first kappa shape index (κ1) is 15.4. The first-order valence-corrected chi connectivity index (χ1v) is 8.21. The second-order valence-corrected chi connectivity index (χ2v) is 6.41. The van der Waals surface area contributed by atoms with Crippen LogP contribution < -0.4 is 10.6 Å². The van der Waals surface area contributed by atoms with Crippen LogP contribution in [0.3, 0.4) is 0 Å². The van der Waals surface area contributed by atoms with Gasteiger partial charge in [-0.05, 0) is 37.3 Å². The topological polar surface area (TPSA) is 29.3 Å². The lowest BCUT2D eigenvalue weighted by atomic mass is 9.87. The zero-order valence-electron chi connectivity index (χ0n) is 13.1. The number of hydrogen-bond acceptors (Lipinski definition) is 2. The van der Waals surface area contributed by atoms with Gasteiger partial charge in [0.15, 0.2) is 0 Å². The fourth-order valence-electron chi connectivity index (χ4n) is 3.76. The molecule has 112 valence electrons. The molecule has 20 heavy (non-hydrogen) atoms. The largest absolute Gasteiger partial charge is 0.368 e. The van der Waals surface area contributed by atoms with E-state index in [1.54, 1.807) is 0 Å². The maximum Gasteiger partial charge on any atom is 0.0521 e. The standard InChI is InChI=1S/C18H30N2/c1-3-8-16-9-7-13-18(15-19,14-12-16)20(2)17-10-5-4-6-11-17/h4-6,10-11,16H,3,7-9,12-15,19H2,1-2H3. The number of nitrogens with zero attached hydrogens (tertiary/aromatic N) is 1. The molecular weight excluding hydrogens is 244 g/mol. The Morgan fingerprint density at radius 3 is 2.60 bits per heavy atom. The molecule has 2 atom stereocenters. The van der Waals surface area contributed by atoms with Crippen molar-refractivity contribution in [2.24, 2.45) is 11.7 Å². The summed E-state index contributed by atoms with van der Waals surface area (Å²) in [5, 5.41) is 0. The van der Waals surface area contributed by atoms with Crippen LogP contribution in [0.1, 0.15) is 51.9 Å². The molecule has 0 radical (unpaired) electrons. The van der Waals surface area contributed by atoms with Crippen molar-refractivity contribution in [2.45, 2.75) is 57.4 Å². The van der Waals surface area contributed by atoms with Crippen molar-refractivity contribution >= 4 is 5.69 Å². The number of likely N-dealkylation sites (N-methyl/N-ethyl adjacent to an activating group) is 1. The van der Waals surface area contributed by atoms with Gasteiger partial charge in [0.2, 0.25) is 0 Å². The van der Waals surface area contributed by atoms with E-state index in [4.69, 9.17) is 5.73 Å². The molecular formula is C18H30N2. The summed E-state index contributed by atoms with van der Waals surface area (Å²) in [6.45, 7) is 3.06. The Kier molecular flexibility index (Phi) is 5.47. The highest BCUT2D eigenvalue weighted by Gasteiger charge is 2.35. The zero-order chi connectivity index (χ0) is 14.4. The Bertz CT molecular complexity index is 390. The molecule has 2 unspecified atom stereocenters. The van der Waals surface area contributed by atoms with Crippen molar-refractivity contribution < 1.29 is 0 Å². The quantitative estimate of drug-likeness (QED) is 0.815. The van der Waals surface area contributed by atoms with Crippen molar-refractivity contribution in [3.8, 4) is 0 Å². The second-order valence-electron chi connectivity index (χ2n) is 6.41. The number of anilines is 1. The third-order valence-electron chi connectivity index (χ3n) is 5.20. The van der Waals surface area contributed by atoms with Crippen molar-refractivity contribution in [3.63, 3.8) is 0 Å². The molecule has 2 heteroatoms. The van der Waals surface area contributed by atoms with E-state index in [9.17, 15) is 0 Å². The molecule has 2 rings (SSSR count). The van der Waals surface area contributed by atoms with Gasteiger partial charge >= 0.3 is 0 Å². The maximum atomic E-state index is 6.22. The number of para-hydroxylation sites is 1. The number of rotatable bonds is 5. The normalized spacial score (nSPS) is 27.1. The summed E-state index contributed by atoms with van der Waals surface area (Å²) in [5.74, 6) is 0.914. The van der Waals surface area contributed by atoms with E-state index in [1.165, 1.54) is 50.6 Å². The predicted octanol–water partition coefficient (Wildman–Crippen LogP) is 4.20. The molecule has 0 amide bonds. The van der Waals surface area contributed by atoms with Crippen LogP contribution >= 0.6 is 0 Å². The molecule has 0 bridgehead atoms. The molecule has 1 aliphatic carbocycles. The van der Waals surface area contributed by atoms with Crippen molar-refractivity contribution in [2.75, 3.05) is 18.5 Å². The SMILES string of the molecule is CCCC1CCCC(CN)(N(C)c2ccccc2)CC1. The predicted molar refractivity (Wildman–Crippen MR) is 88.1 cm³/mol. The molecule has 1 saturated carbocycles. The van der Waals surface area contributed by atoms with E-state index in [0.717, 1.165) is 12.5 Å². The summed E-state index contributed by atoms with van der Waals surface area (Å²) in [5.41, 5.74) is 7.68. The van der Waals surface area contributed by atoms with E-state index in [0.29, 0.717) is 0 Å². The van der Waals surface area contributed by atoms with E-state index < -0.39 is 0 Å². The monoisotopic (exact) mass is 274 g/mol. The molecule has 0 heterocycles. The molecule has 1 aromatic carbocycles. The van der Waals surface area contributed by atoms with Crippen LogP contribution in [-0.4, -0.2) is 19.1 Å². The van der Waals surface area contributed by atoms with Gasteiger partial charge in [-0.15, -0.1) is 0 Å². The first-order valence-electron chi connectivity index (χ1n) is 8.21. The lowest BCUT2D eigenvalue weighted by Gasteiger charge is -2.42. The van der Waals surface area contributed by atoms with Gasteiger partial charge in [-0.25, -0.2) is 0 Å². The highest BCUT2D eigenvalue weighted by Crippen LogP contribution is 2.37. The van der Waals surface area contributed by atoms with Crippen molar-refractivity contribution in [3.05, 3.63) is 30.3 Å². The van der Waals surface area contributed by atoms with Gasteiger partial charge in [-0.3, -0.25) is 0 Å². The lowest BCUT2D eigenvalue weighted by molar-refractivity contribution is 0.350. The molecule has 0 aliphatic heterocycles. The summed E-state index contributed by atoms with van der Waals surface area (Å²) >= 11 is 0. The molecule has 1 aromatic rings. The minimum absolute atomic E-state index is 0.157. The van der Waals surface area contributed by atoms with E-state index in [-0.39, 0.29) is 5.54 Å². The highest BCUT2D eigenvalue weighted by molar-refractivity contribution is 5.48. The molecule has 0 aromatic heterocycles. The third-order valence-corrected chi connectivity index (χ3v) is 5.20. The van der Waals surface area contributed by atoms with Crippen LogP contribution in [-0.2, 0) is 0 Å². The molecule has 0 saturated heterocycles. The summed E-state index contributed by atoms with van der Waals surface area (Å²) in [6, 6.07) is 10.7. The van der Waals surface area contributed by atoms with Gasteiger partial charge < -0.3 is 10.6 Å². The van der Waals surface area contributed by atoms with Crippen molar-refractivity contribution in [1.29, 1.82) is 0 Å². The van der Waals surface area contributed by atoms with E-state index in [2.05, 4.69) is 49.2 Å². The smallest absolute Gasteiger partial charge is 0.0521 e. The zero-order valence-corrected chi connectivity index (χ0v) is 13.1. The van der Waals surface area contributed by atoms with Crippen LogP contribution in [0.2, 0.25) is 0 Å². The molecule has 2 N–H and O–H groups in total. The van der Waals surface area contributed by atoms with Crippen molar-refractivity contribution in [1.82, 2.24) is 0 Å². The average Bonchev–Trinajstić information content (AvgIpc) is 2.71. The highest BCUT2D eigenvalue weighted by atomic mass is 15.2.